The fourth-order valence-electron chi connectivity index (χ4n) is 3.68. The Morgan fingerprint density at radius 1 is 0.931 bits per heavy atom. The van der Waals surface area contributed by atoms with Crippen molar-refractivity contribution in [1.29, 1.82) is 0 Å². The van der Waals surface area contributed by atoms with Gasteiger partial charge >= 0.3 is 0 Å². The fraction of sp³-hybridized carbons (Fsp3) is 0.318. The highest BCUT2D eigenvalue weighted by atomic mass is 32.2. The average molecular weight is 413 g/mol. The Morgan fingerprint density at radius 2 is 1.69 bits per heavy atom. The predicted molar refractivity (Wildman–Crippen MR) is 111 cm³/mol. The summed E-state index contributed by atoms with van der Waals surface area (Å²) in [5.74, 6) is -0.146. The highest BCUT2D eigenvalue weighted by Crippen LogP contribution is 2.24. The molecule has 0 N–H and O–H groups in total. The normalized spacial score (nSPS) is 18.3. The number of rotatable bonds is 4. The van der Waals surface area contributed by atoms with Crippen molar-refractivity contribution in [2.45, 2.75) is 11.3 Å². The number of hydrogen-bond donors (Lipinski definition) is 0. The lowest BCUT2D eigenvalue weighted by molar-refractivity contribution is 0.0730. The number of sulfonamides is 1. The summed E-state index contributed by atoms with van der Waals surface area (Å²) in [4.78, 5) is 14.9. The zero-order valence-electron chi connectivity index (χ0n) is 16.2. The standard InChI is InChI=1S/C22H24N2O4S/c25-22(23-11-9-19(10-12-23)18-5-2-1-3-6-18)20-7-4-8-21(17-20)29(26,27)24-13-15-28-16-14-24/h1-9,17H,10-16H2. The third kappa shape index (κ3) is 4.27. The van der Waals surface area contributed by atoms with Crippen LogP contribution in [0, 0.1) is 0 Å². The van der Waals surface area contributed by atoms with E-state index in [1.54, 1.807) is 23.1 Å². The van der Waals surface area contributed by atoms with E-state index in [-0.39, 0.29) is 10.8 Å². The van der Waals surface area contributed by atoms with Gasteiger partial charge in [-0.25, -0.2) is 8.42 Å². The molecule has 0 aromatic heterocycles. The summed E-state index contributed by atoms with van der Waals surface area (Å²) in [5, 5.41) is 0. The molecule has 29 heavy (non-hydrogen) atoms. The monoisotopic (exact) mass is 412 g/mol. The second-order valence-electron chi connectivity index (χ2n) is 7.14. The van der Waals surface area contributed by atoms with E-state index in [2.05, 4.69) is 18.2 Å². The lowest BCUT2D eigenvalue weighted by Crippen LogP contribution is -2.40. The summed E-state index contributed by atoms with van der Waals surface area (Å²) < 4.78 is 32.4. The van der Waals surface area contributed by atoms with Gasteiger partial charge in [-0.2, -0.15) is 4.31 Å². The Labute approximate surface area is 171 Å². The summed E-state index contributed by atoms with van der Waals surface area (Å²) in [5.41, 5.74) is 2.81. The van der Waals surface area contributed by atoms with Crippen LogP contribution in [0.2, 0.25) is 0 Å². The second-order valence-corrected chi connectivity index (χ2v) is 9.08. The van der Waals surface area contributed by atoms with Crippen molar-refractivity contribution in [2.24, 2.45) is 0 Å². The Hall–Kier alpha value is -2.48. The summed E-state index contributed by atoms with van der Waals surface area (Å²) in [6, 6.07) is 16.5. The molecule has 6 nitrogen and oxygen atoms in total. The number of ether oxygens (including phenoxy) is 1. The first-order chi connectivity index (χ1) is 14.1. The molecule has 4 rings (SSSR count). The van der Waals surface area contributed by atoms with Crippen molar-refractivity contribution < 1.29 is 17.9 Å². The molecule has 2 aromatic carbocycles. The lowest BCUT2D eigenvalue weighted by Gasteiger charge is -2.28. The highest BCUT2D eigenvalue weighted by Gasteiger charge is 2.27. The zero-order valence-corrected chi connectivity index (χ0v) is 17.0. The van der Waals surface area contributed by atoms with Crippen LogP contribution in [0.1, 0.15) is 22.3 Å². The van der Waals surface area contributed by atoms with Crippen molar-refractivity contribution in [3.63, 3.8) is 0 Å². The van der Waals surface area contributed by atoms with Gasteiger partial charge in [0.05, 0.1) is 18.1 Å². The zero-order chi connectivity index (χ0) is 20.3. The van der Waals surface area contributed by atoms with Gasteiger partial charge in [-0.15, -0.1) is 0 Å². The molecule has 152 valence electrons. The third-order valence-electron chi connectivity index (χ3n) is 5.33. The van der Waals surface area contributed by atoms with Gasteiger partial charge in [-0.3, -0.25) is 4.79 Å². The molecule has 1 fully saturated rings. The summed E-state index contributed by atoms with van der Waals surface area (Å²) in [7, 11) is -3.62. The Morgan fingerprint density at radius 3 is 2.38 bits per heavy atom. The maximum atomic E-state index is 13.0. The molecule has 0 atom stereocenters. The van der Waals surface area contributed by atoms with Gasteiger partial charge in [-0.05, 0) is 35.8 Å². The second kappa shape index (κ2) is 8.49. The van der Waals surface area contributed by atoms with Gasteiger partial charge in [0, 0.05) is 31.7 Å². The molecular weight excluding hydrogens is 388 g/mol. The van der Waals surface area contributed by atoms with Crippen LogP contribution in [0.3, 0.4) is 0 Å². The Balaban J connectivity index is 1.50. The predicted octanol–water partition coefficient (Wildman–Crippen LogP) is 2.64. The molecule has 2 aromatic rings. The third-order valence-corrected chi connectivity index (χ3v) is 7.22. The van der Waals surface area contributed by atoms with Crippen LogP contribution in [0.5, 0.6) is 0 Å². The minimum atomic E-state index is -3.62. The first kappa shape index (κ1) is 19.8. The molecule has 7 heteroatoms. The van der Waals surface area contributed by atoms with Crippen molar-refractivity contribution in [1.82, 2.24) is 9.21 Å². The number of amides is 1. The largest absolute Gasteiger partial charge is 0.379 e. The lowest BCUT2D eigenvalue weighted by atomic mass is 9.99. The highest BCUT2D eigenvalue weighted by molar-refractivity contribution is 7.89. The van der Waals surface area contributed by atoms with Crippen molar-refractivity contribution >= 4 is 21.5 Å². The van der Waals surface area contributed by atoms with E-state index >= 15 is 0 Å². The number of carbonyl (C=O) groups excluding carboxylic acids is 1. The van der Waals surface area contributed by atoms with Crippen molar-refractivity contribution in [3.05, 3.63) is 71.8 Å². The maximum absolute atomic E-state index is 13.0. The van der Waals surface area contributed by atoms with Gasteiger partial charge in [0.25, 0.3) is 5.91 Å². The van der Waals surface area contributed by atoms with E-state index in [4.69, 9.17) is 4.74 Å². The van der Waals surface area contributed by atoms with Crippen LogP contribution in [-0.2, 0) is 14.8 Å². The first-order valence-electron chi connectivity index (χ1n) is 9.77. The summed E-state index contributed by atoms with van der Waals surface area (Å²) in [6.45, 7) is 2.58. The molecule has 0 bridgehead atoms. The van der Waals surface area contributed by atoms with Crippen LogP contribution < -0.4 is 0 Å². The molecule has 0 spiro atoms. The van der Waals surface area contributed by atoms with Gasteiger partial charge < -0.3 is 9.64 Å². The SMILES string of the molecule is O=C(c1cccc(S(=O)(=O)N2CCOCC2)c1)N1CC=C(c2ccccc2)CC1. The van der Waals surface area contributed by atoms with Crippen LogP contribution in [0.4, 0.5) is 0 Å². The molecule has 0 saturated carbocycles. The smallest absolute Gasteiger partial charge is 0.254 e. The molecule has 2 aliphatic rings. The quantitative estimate of drug-likeness (QED) is 0.774. The van der Waals surface area contributed by atoms with E-state index in [9.17, 15) is 13.2 Å². The minimum absolute atomic E-state index is 0.146. The summed E-state index contributed by atoms with van der Waals surface area (Å²) in [6.07, 6.45) is 2.85. The Bertz CT molecular complexity index is 1010. The number of nitrogens with zero attached hydrogens (tertiary/aromatic N) is 2. The van der Waals surface area contributed by atoms with E-state index in [0.29, 0.717) is 45.0 Å². The van der Waals surface area contributed by atoms with E-state index < -0.39 is 10.0 Å². The molecule has 0 unspecified atom stereocenters. The van der Waals surface area contributed by atoms with Gasteiger partial charge in [0.2, 0.25) is 10.0 Å². The van der Waals surface area contributed by atoms with Crippen LogP contribution in [-0.4, -0.2) is 62.9 Å². The Kier molecular flexibility index (Phi) is 5.80. The minimum Gasteiger partial charge on any atom is -0.379 e. The van der Waals surface area contributed by atoms with Crippen molar-refractivity contribution in [2.75, 3.05) is 39.4 Å². The van der Waals surface area contributed by atoms with Crippen LogP contribution in [0.15, 0.2) is 65.6 Å². The van der Waals surface area contributed by atoms with Gasteiger partial charge in [0.15, 0.2) is 0 Å². The molecule has 0 radical (unpaired) electrons. The maximum Gasteiger partial charge on any atom is 0.254 e. The molecule has 1 amide bonds. The molecule has 2 aliphatic heterocycles. The average Bonchev–Trinajstić information content (AvgIpc) is 2.80. The number of carbonyl (C=O) groups is 1. The molecule has 2 heterocycles. The summed E-state index contributed by atoms with van der Waals surface area (Å²) >= 11 is 0. The fourth-order valence-corrected chi connectivity index (χ4v) is 5.13. The topological polar surface area (TPSA) is 66.9 Å². The molecular formula is C22H24N2O4S. The van der Waals surface area contributed by atoms with Crippen LogP contribution in [0.25, 0.3) is 5.57 Å². The van der Waals surface area contributed by atoms with Gasteiger partial charge in [-0.1, -0.05) is 42.5 Å². The molecule has 1 saturated heterocycles. The van der Waals surface area contributed by atoms with Gasteiger partial charge in [0.1, 0.15) is 0 Å². The van der Waals surface area contributed by atoms with Crippen molar-refractivity contribution in [3.8, 4) is 0 Å². The van der Waals surface area contributed by atoms with Crippen LogP contribution >= 0.6 is 0 Å². The number of benzene rings is 2. The van der Waals surface area contributed by atoms with E-state index in [0.717, 1.165) is 6.42 Å². The number of hydrogen-bond acceptors (Lipinski definition) is 4. The first-order valence-corrected chi connectivity index (χ1v) is 11.2. The number of morpholine rings is 1. The van der Waals surface area contributed by atoms with E-state index in [1.807, 2.05) is 18.2 Å². The molecule has 0 aliphatic carbocycles. The van der Waals surface area contributed by atoms with E-state index in [1.165, 1.54) is 21.5 Å².